The number of hydrogen-bond donors (Lipinski definition) is 11. The average molecular weight is 2120 g/mol. The molecule has 0 aromatic rings. The van der Waals surface area contributed by atoms with E-state index < -0.39 is 12.2 Å². The molecule has 6 atom stereocenters. The van der Waals surface area contributed by atoms with Crippen LogP contribution in [0, 0.1) is 5.92 Å². The first-order valence-corrected chi connectivity index (χ1v) is 63.4. The van der Waals surface area contributed by atoms with Crippen LogP contribution in [0.15, 0.2) is 134 Å². The van der Waals surface area contributed by atoms with Gasteiger partial charge in [0, 0.05) is 103 Å². The fourth-order valence-corrected chi connectivity index (χ4v) is 15.6. The van der Waals surface area contributed by atoms with E-state index in [4.69, 9.17) is 28.4 Å². The number of allylic oxidation sites excluding steroid dienone is 22. The van der Waals surface area contributed by atoms with Crippen molar-refractivity contribution in [1.82, 2.24) is 26.6 Å². The lowest BCUT2D eigenvalue weighted by Crippen LogP contribution is -2.34. The minimum Gasteiger partial charge on any atom is -0.391 e. The summed E-state index contributed by atoms with van der Waals surface area (Å²) in [6.07, 6.45) is 128. The van der Waals surface area contributed by atoms with Crippen molar-refractivity contribution in [3.8, 4) is 0 Å². The molecule has 17 nitrogen and oxygen atoms in total. The second kappa shape index (κ2) is 142. The molecule has 0 aliphatic carbocycles. The lowest BCUT2D eigenvalue weighted by Gasteiger charge is -2.14. The Morgan fingerprint density at radius 3 is 0.547 bits per heavy atom. The van der Waals surface area contributed by atoms with Gasteiger partial charge in [-0.05, 0) is 173 Å². The molecule has 0 bridgehead atoms. The Bertz CT molecular complexity index is 2790. The molecular weight excluding hydrogens is 1860 g/mol. The van der Waals surface area contributed by atoms with Gasteiger partial charge in [-0.2, -0.15) is 0 Å². The highest BCUT2D eigenvalue weighted by Gasteiger charge is 2.12. The normalized spacial score (nSPS) is 13.4. The van der Waals surface area contributed by atoms with Gasteiger partial charge in [0.05, 0.1) is 76.3 Å². The van der Waals surface area contributed by atoms with Gasteiger partial charge in [0.15, 0.2) is 0 Å². The summed E-state index contributed by atoms with van der Waals surface area (Å²) in [6, 6.07) is 2.05. The van der Waals surface area contributed by atoms with Crippen LogP contribution in [0.1, 0.15) is 536 Å². The Balaban J connectivity index is -0.000000418. The Labute approximate surface area is 934 Å². The maximum Gasteiger partial charge on any atom is 0.0897 e. The SMILES string of the molecule is CC/C=C\C=C/C/C=C\C/C=C\C/C=C\C/C=C\CCCCOCC(O)CNC(C)C.CCCCC/C=C\C/C=C\C/C=C\C/C=C\CCCCOCC(O)CNC(C)C.CCCCCCCC/C=C\CCCCCCCCOCC(O)CCC(C)C.CCCCCCCCCCCCCCCCOCC(O)CNC(C)C.CCCCCCCCCCCCOCC(O)CNC(C)C.CCCCCCCCOCC(O)CNC(C)C. The lowest BCUT2D eigenvalue weighted by molar-refractivity contribution is 0.0285. The van der Waals surface area contributed by atoms with Gasteiger partial charge in [0.25, 0.3) is 0 Å². The van der Waals surface area contributed by atoms with Gasteiger partial charge in [0.2, 0.25) is 0 Å². The van der Waals surface area contributed by atoms with Crippen molar-refractivity contribution < 1.29 is 59.1 Å². The molecule has 0 spiro atoms. The first kappa shape index (κ1) is 157. The fourth-order valence-electron chi connectivity index (χ4n) is 15.6. The van der Waals surface area contributed by atoms with Gasteiger partial charge >= 0.3 is 0 Å². The molecule has 890 valence electrons. The van der Waals surface area contributed by atoms with Gasteiger partial charge in [-0.15, -0.1) is 0 Å². The van der Waals surface area contributed by atoms with Crippen molar-refractivity contribution in [3.63, 3.8) is 0 Å². The Morgan fingerprint density at radius 1 is 0.173 bits per heavy atom. The number of unbranched alkanes of at least 4 members (excludes halogenated alkanes) is 46. The highest BCUT2D eigenvalue weighted by Crippen LogP contribution is 2.18. The summed E-state index contributed by atoms with van der Waals surface area (Å²) in [5.41, 5.74) is 0. The second-order valence-corrected chi connectivity index (χ2v) is 43.8. The highest BCUT2D eigenvalue weighted by atomic mass is 16.5. The van der Waals surface area contributed by atoms with Crippen LogP contribution in [0.2, 0.25) is 0 Å². The summed E-state index contributed by atoms with van der Waals surface area (Å²) < 4.78 is 33.1. The molecule has 0 heterocycles. The van der Waals surface area contributed by atoms with Crippen LogP contribution >= 0.6 is 0 Å². The third-order valence-corrected chi connectivity index (χ3v) is 25.1. The summed E-state index contributed by atoms with van der Waals surface area (Å²) >= 11 is 0. The van der Waals surface area contributed by atoms with Crippen molar-refractivity contribution in [1.29, 1.82) is 0 Å². The first-order chi connectivity index (χ1) is 73.0. The highest BCUT2D eigenvalue weighted by molar-refractivity contribution is 5.06. The first-order valence-electron chi connectivity index (χ1n) is 63.4. The largest absolute Gasteiger partial charge is 0.391 e. The third kappa shape index (κ3) is 164. The summed E-state index contributed by atoms with van der Waals surface area (Å²) in [4.78, 5) is 0. The molecule has 0 aliphatic rings. The predicted molar refractivity (Wildman–Crippen MR) is 662 cm³/mol. The van der Waals surface area contributed by atoms with Gasteiger partial charge in [0.1, 0.15) is 0 Å². The van der Waals surface area contributed by atoms with Crippen LogP contribution in [0.4, 0.5) is 0 Å². The molecule has 0 aliphatic heterocycles. The van der Waals surface area contributed by atoms with E-state index in [1.807, 2.05) is 0 Å². The molecule has 0 saturated heterocycles. The zero-order chi connectivity index (χ0) is 112. The zero-order valence-electron chi connectivity index (χ0n) is 103. The van der Waals surface area contributed by atoms with Gasteiger partial charge in [-0.3, -0.25) is 0 Å². The quantitative estimate of drug-likeness (QED) is 0.0154. The van der Waals surface area contributed by atoms with Crippen molar-refractivity contribution in [2.45, 2.75) is 602 Å². The molecule has 17 heteroatoms. The third-order valence-electron chi connectivity index (χ3n) is 25.1. The van der Waals surface area contributed by atoms with Crippen LogP contribution in [-0.2, 0) is 28.4 Å². The van der Waals surface area contributed by atoms with E-state index in [0.717, 1.165) is 168 Å². The fraction of sp³-hybridized carbons (Fsp3) is 0.835. The predicted octanol–water partition coefficient (Wildman–Crippen LogP) is 34.0. The van der Waals surface area contributed by atoms with E-state index in [-0.39, 0.29) is 24.4 Å². The summed E-state index contributed by atoms with van der Waals surface area (Å²) in [6.45, 7) is 49.0. The Kier molecular flexibility index (Phi) is 148. The molecule has 0 saturated carbocycles. The minimum absolute atomic E-state index is 0.276. The second-order valence-electron chi connectivity index (χ2n) is 43.8. The van der Waals surface area contributed by atoms with Crippen LogP contribution in [0.5, 0.6) is 0 Å². The van der Waals surface area contributed by atoms with Gasteiger partial charge in [-0.1, -0.05) is 502 Å². The molecule has 150 heavy (non-hydrogen) atoms. The molecule has 0 amide bonds. The van der Waals surface area contributed by atoms with E-state index in [0.29, 0.717) is 108 Å². The minimum atomic E-state index is -0.416. The topological polar surface area (TPSA) is 237 Å². The monoisotopic (exact) mass is 2120 g/mol. The molecule has 0 aromatic carbocycles. The maximum atomic E-state index is 9.80. The average Bonchev–Trinajstić information content (AvgIpc) is 1.05. The maximum absolute atomic E-state index is 9.80. The van der Waals surface area contributed by atoms with Crippen LogP contribution < -0.4 is 26.6 Å². The van der Waals surface area contributed by atoms with E-state index >= 15 is 0 Å². The number of hydrogen-bond acceptors (Lipinski definition) is 17. The standard InChI is InChI=1S/C28H47NO2.C26H47NO2.C25H50O2.C22H47NO2.C18H39NO2.C14H31NO2/c1-4-5-6-7-8-9-10-11-12-13-14-15-16-17-18-19-20-21-22-23-24-31-26-28(30)25-29-27(2)3;1-4-5-6-7-8-9-10-11-12-13-14-15-16-17-18-19-20-21-22-29-24-26(28)23-27-25(2)3;1-4-5-6-7-8-9-10-11-12-13-14-15-16-17-18-19-22-27-23-25(26)21-20-24(2)3;1-4-5-6-7-8-9-10-11-12-13-14-15-16-17-18-25-20-22(24)19-23-21(2)3;1-4-5-6-7-8-9-10-11-12-13-14-21-16-18(20)15-19-17(2)3;1-4-5-6-7-8-9-10-17-12-14(16)11-15-13(2)3/h5-8,10-11,13-14,16-17,19-20,27-30H,4,9,12,15,18,21-26H2,1-3H3;8-9,11-12,14-15,17-18,25-28H,4-7,10,13,16,19-24H2,1-3H3;11-12,24-26H,4-10,13-23H2,1-3H3;21-24H,4-20H2,1-3H3;17-20H,4-16H2,1-3H3;13-16H,4-12H2,1-3H3/b6-5-,8-7-,11-10-,14-13-,17-16-,20-19-;9-8-,12-11-,15-14-,18-17-;12-11-;;;. The van der Waals surface area contributed by atoms with Crippen molar-refractivity contribution in [2.75, 3.05) is 112 Å². The number of rotatable bonds is 109. The van der Waals surface area contributed by atoms with Gasteiger partial charge < -0.3 is 85.6 Å². The molecule has 0 radical (unpaired) electrons. The molecular formula is C133H261N5O12. The molecule has 0 rings (SSSR count). The van der Waals surface area contributed by atoms with Crippen LogP contribution in [-0.4, -0.2) is 209 Å². The van der Waals surface area contributed by atoms with E-state index in [1.54, 1.807) is 0 Å². The summed E-state index contributed by atoms with van der Waals surface area (Å²) in [5, 5.41) is 74.3. The summed E-state index contributed by atoms with van der Waals surface area (Å²) in [5.74, 6) is 0.662. The number of aliphatic hydroxyl groups excluding tert-OH is 6. The number of nitrogens with one attached hydrogen (secondary N) is 5. The van der Waals surface area contributed by atoms with Crippen molar-refractivity contribution >= 4 is 0 Å². The van der Waals surface area contributed by atoms with Gasteiger partial charge in [-0.25, -0.2) is 0 Å². The van der Waals surface area contributed by atoms with Crippen LogP contribution in [0.3, 0.4) is 0 Å². The summed E-state index contributed by atoms with van der Waals surface area (Å²) in [7, 11) is 0. The Hall–Kier alpha value is -3.54. The van der Waals surface area contributed by atoms with Crippen molar-refractivity contribution in [2.24, 2.45) is 5.92 Å². The molecule has 6 unspecified atom stereocenters. The molecule has 0 fully saturated rings. The van der Waals surface area contributed by atoms with Crippen molar-refractivity contribution in [3.05, 3.63) is 134 Å². The molecule has 11 N–H and O–H groups in total. The van der Waals surface area contributed by atoms with E-state index in [9.17, 15) is 30.6 Å². The van der Waals surface area contributed by atoms with E-state index in [1.165, 1.54) is 283 Å². The molecule has 0 aromatic heterocycles. The number of ether oxygens (including phenoxy) is 6. The lowest BCUT2D eigenvalue weighted by atomic mass is 10.0. The Morgan fingerprint density at radius 2 is 0.333 bits per heavy atom. The smallest absolute Gasteiger partial charge is 0.0897 e. The number of aliphatic hydroxyl groups is 6. The van der Waals surface area contributed by atoms with Crippen LogP contribution in [0.25, 0.3) is 0 Å². The zero-order valence-corrected chi connectivity index (χ0v) is 103. The van der Waals surface area contributed by atoms with E-state index in [2.05, 4.69) is 285 Å².